The van der Waals surface area contributed by atoms with Crippen LogP contribution in [0.3, 0.4) is 0 Å². The number of rotatable bonds is 8. The van der Waals surface area contributed by atoms with Gasteiger partial charge < -0.3 is 5.32 Å². The van der Waals surface area contributed by atoms with E-state index in [-0.39, 0.29) is 0 Å². The quantitative estimate of drug-likeness (QED) is 0.606. The first-order valence-corrected chi connectivity index (χ1v) is 6.52. The molecule has 2 heteroatoms. The minimum atomic E-state index is 0.627. The smallest absolute Gasteiger partial charge is 0.0195 e. The van der Waals surface area contributed by atoms with Crippen LogP contribution in [0.1, 0.15) is 33.1 Å². The minimum Gasteiger partial charge on any atom is -0.313 e. The molecule has 0 radical (unpaired) electrons. The fourth-order valence-corrected chi connectivity index (χ4v) is 1.87. The molecule has 0 aliphatic heterocycles. The van der Waals surface area contributed by atoms with Gasteiger partial charge in [-0.25, -0.2) is 0 Å². The van der Waals surface area contributed by atoms with Gasteiger partial charge in [-0.15, -0.1) is 0 Å². The second kappa shape index (κ2) is 8.64. The first-order valence-electron chi connectivity index (χ1n) is 5.13. The maximum Gasteiger partial charge on any atom is 0.0195 e. The number of hydrogen-bond acceptors (Lipinski definition) is 2. The van der Waals surface area contributed by atoms with Gasteiger partial charge in [-0.1, -0.05) is 26.0 Å². The highest BCUT2D eigenvalue weighted by molar-refractivity contribution is 7.98. The predicted octanol–water partition coefficient (Wildman–Crippen LogP) is 3.07. The standard InChI is InChI=1S/C11H23NS/c1-5-7-12-11(9-13-4)8-10(3)6-2/h11-12H,3,5-9H2,1-2,4H3. The molecule has 0 spiro atoms. The molecule has 78 valence electrons. The van der Waals surface area contributed by atoms with Gasteiger partial charge in [0.25, 0.3) is 0 Å². The maximum absolute atomic E-state index is 4.05. The third kappa shape index (κ3) is 7.15. The Morgan fingerprint density at radius 1 is 1.46 bits per heavy atom. The summed E-state index contributed by atoms with van der Waals surface area (Å²) in [6.07, 6.45) is 5.62. The summed E-state index contributed by atoms with van der Waals surface area (Å²) in [5, 5.41) is 3.55. The summed E-state index contributed by atoms with van der Waals surface area (Å²) in [7, 11) is 0. The molecule has 1 N–H and O–H groups in total. The molecule has 0 saturated carbocycles. The molecule has 0 rings (SSSR count). The van der Waals surface area contributed by atoms with Crippen LogP contribution in [-0.2, 0) is 0 Å². The van der Waals surface area contributed by atoms with E-state index in [9.17, 15) is 0 Å². The average Bonchev–Trinajstić information content (AvgIpc) is 2.14. The van der Waals surface area contributed by atoms with E-state index in [2.05, 4.69) is 32.0 Å². The summed E-state index contributed by atoms with van der Waals surface area (Å²) in [6.45, 7) is 9.57. The molecule has 1 nitrogen and oxygen atoms in total. The highest BCUT2D eigenvalue weighted by Gasteiger charge is 2.07. The Morgan fingerprint density at radius 2 is 2.15 bits per heavy atom. The van der Waals surface area contributed by atoms with Crippen LogP contribution in [0.25, 0.3) is 0 Å². The SMILES string of the molecule is C=C(CC)CC(CSC)NCCC. The summed E-state index contributed by atoms with van der Waals surface area (Å²) in [5.41, 5.74) is 1.36. The Labute approximate surface area is 87.4 Å². The zero-order chi connectivity index (χ0) is 10.1. The maximum atomic E-state index is 4.05. The summed E-state index contributed by atoms with van der Waals surface area (Å²) < 4.78 is 0. The monoisotopic (exact) mass is 201 g/mol. The Kier molecular flexibility index (Phi) is 8.67. The van der Waals surface area contributed by atoms with Crippen molar-refractivity contribution in [3.8, 4) is 0 Å². The molecule has 0 heterocycles. The lowest BCUT2D eigenvalue weighted by Crippen LogP contribution is -2.32. The van der Waals surface area contributed by atoms with Crippen LogP contribution >= 0.6 is 11.8 Å². The fraction of sp³-hybridized carbons (Fsp3) is 0.818. The number of nitrogens with one attached hydrogen (secondary N) is 1. The molecular weight excluding hydrogens is 178 g/mol. The molecule has 0 aliphatic rings. The molecule has 0 bridgehead atoms. The van der Waals surface area contributed by atoms with Crippen molar-refractivity contribution in [2.24, 2.45) is 0 Å². The van der Waals surface area contributed by atoms with Crippen molar-refractivity contribution < 1.29 is 0 Å². The van der Waals surface area contributed by atoms with Gasteiger partial charge in [0.1, 0.15) is 0 Å². The molecule has 1 unspecified atom stereocenters. The van der Waals surface area contributed by atoms with Crippen molar-refractivity contribution in [2.45, 2.75) is 39.2 Å². The van der Waals surface area contributed by atoms with Gasteiger partial charge in [0.2, 0.25) is 0 Å². The highest BCUT2D eigenvalue weighted by Crippen LogP contribution is 2.10. The van der Waals surface area contributed by atoms with Crippen molar-refractivity contribution in [1.82, 2.24) is 5.32 Å². The predicted molar refractivity (Wildman–Crippen MR) is 64.5 cm³/mol. The lowest BCUT2D eigenvalue weighted by Gasteiger charge is -2.18. The summed E-state index contributed by atoms with van der Waals surface area (Å²) in [6, 6.07) is 0.627. The summed E-state index contributed by atoms with van der Waals surface area (Å²) in [4.78, 5) is 0. The van der Waals surface area contributed by atoms with E-state index < -0.39 is 0 Å². The first kappa shape index (κ1) is 13.1. The van der Waals surface area contributed by atoms with Crippen molar-refractivity contribution in [3.63, 3.8) is 0 Å². The lowest BCUT2D eigenvalue weighted by atomic mass is 10.1. The molecule has 13 heavy (non-hydrogen) atoms. The van der Waals surface area contributed by atoms with Gasteiger partial charge >= 0.3 is 0 Å². The van der Waals surface area contributed by atoms with Crippen molar-refractivity contribution in [1.29, 1.82) is 0 Å². The number of hydrogen-bond donors (Lipinski definition) is 1. The second-order valence-corrected chi connectivity index (χ2v) is 4.32. The average molecular weight is 201 g/mol. The van der Waals surface area contributed by atoms with Gasteiger partial charge in [0.15, 0.2) is 0 Å². The first-order chi connectivity index (χ1) is 6.24. The van der Waals surface area contributed by atoms with Crippen LogP contribution < -0.4 is 5.32 Å². The molecule has 0 aromatic rings. The van der Waals surface area contributed by atoms with Crippen LogP contribution in [0, 0.1) is 0 Å². The van der Waals surface area contributed by atoms with Crippen molar-refractivity contribution in [3.05, 3.63) is 12.2 Å². The minimum absolute atomic E-state index is 0.627. The molecule has 0 aromatic heterocycles. The van der Waals surface area contributed by atoms with Gasteiger partial charge in [-0.3, -0.25) is 0 Å². The van der Waals surface area contributed by atoms with Crippen molar-refractivity contribution in [2.75, 3.05) is 18.6 Å². The van der Waals surface area contributed by atoms with Gasteiger partial charge in [-0.2, -0.15) is 11.8 Å². The largest absolute Gasteiger partial charge is 0.313 e. The van der Waals surface area contributed by atoms with E-state index in [0.29, 0.717) is 6.04 Å². The topological polar surface area (TPSA) is 12.0 Å². The van der Waals surface area contributed by atoms with Crippen LogP contribution in [-0.4, -0.2) is 24.6 Å². The van der Waals surface area contributed by atoms with Gasteiger partial charge in [0, 0.05) is 11.8 Å². The zero-order valence-electron chi connectivity index (χ0n) is 9.23. The third-order valence-electron chi connectivity index (χ3n) is 2.09. The normalized spacial score (nSPS) is 12.8. The molecule has 0 saturated heterocycles. The Balaban J connectivity index is 3.71. The van der Waals surface area contributed by atoms with Crippen LogP contribution in [0.5, 0.6) is 0 Å². The van der Waals surface area contributed by atoms with E-state index in [1.54, 1.807) is 0 Å². The Bertz CT molecular complexity index is 134. The van der Waals surface area contributed by atoms with Gasteiger partial charge in [-0.05, 0) is 32.1 Å². The van der Waals surface area contributed by atoms with Gasteiger partial charge in [0.05, 0.1) is 0 Å². The number of thioether (sulfide) groups is 1. The Hall–Kier alpha value is 0.0500. The third-order valence-corrected chi connectivity index (χ3v) is 2.82. The highest BCUT2D eigenvalue weighted by atomic mass is 32.2. The van der Waals surface area contributed by atoms with E-state index in [4.69, 9.17) is 0 Å². The molecule has 0 fully saturated rings. The lowest BCUT2D eigenvalue weighted by molar-refractivity contribution is 0.544. The van der Waals surface area contributed by atoms with E-state index in [0.717, 1.165) is 19.4 Å². The van der Waals surface area contributed by atoms with E-state index >= 15 is 0 Å². The summed E-state index contributed by atoms with van der Waals surface area (Å²) >= 11 is 1.91. The second-order valence-electron chi connectivity index (χ2n) is 3.41. The Morgan fingerprint density at radius 3 is 2.62 bits per heavy atom. The van der Waals surface area contributed by atoms with E-state index in [1.165, 1.54) is 17.7 Å². The zero-order valence-corrected chi connectivity index (χ0v) is 10.0. The molecule has 0 aromatic carbocycles. The van der Waals surface area contributed by atoms with Crippen molar-refractivity contribution >= 4 is 11.8 Å². The molecule has 1 atom stereocenters. The molecular formula is C11H23NS. The van der Waals surface area contributed by atoms with Crippen LogP contribution in [0.2, 0.25) is 0 Å². The van der Waals surface area contributed by atoms with Crippen LogP contribution in [0.4, 0.5) is 0 Å². The van der Waals surface area contributed by atoms with Crippen LogP contribution in [0.15, 0.2) is 12.2 Å². The fourth-order valence-electron chi connectivity index (χ4n) is 1.23. The molecule has 0 amide bonds. The molecule has 0 aliphatic carbocycles. The summed E-state index contributed by atoms with van der Waals surface area (Å²) in [5.74, 6) is 1.19. The van der Waals surface area contributed by atoms with E-state index in [1.807, 2.05) is 11.8 Å².